The Balaban J connectivity index is 1.68. The Morgan fingerprint density at radius 2 is 2.47 bits per heavy atom. The Labute approximate surface area is 106 Å². The summed E-state index contributed by atoms with van der Waals surface area (Å²) in [6.07, 6.45) is 7.88. The molecule has 1 aliphatic carbocycles. The van der Waals surface area contributed by atoms with Gasteiger partial charge in [-0.25, -0.2) is 0 Å². The van der Waals surface area contributed by atoms with Crippen molar-refractivity contribution in [1.82, 2.24) is 9.78 Å². The Morgan fingerprint density at radius 1 is 1.53 bits per heavy atom. The summed E-state index contributed by atoms with van der Waals surface area (Å²) in [5.74, 6) is 2.04. The number of hydrogen-bond donors (Lipinski definition) is 1. The summed E-state index contributed by atoms with van der Waals surface area (Å²) in [5, 5.41) is 8.71. The van der Waals surface area contributed by atoms with E-state index in [0.717, 1.165) is 23.3 Å². The lowest BCUT2D eigenvalue weighted by molar-refractivity contribution is 0.535. The van der Waals surface area contributed by atoms with Gasteiger partial charge >= 0.3 is 0 Å². The van der Waals surface area contributed by atoms with Crippen LogP contribution in [0, 0.1) is 5.92 Å². The Morgan fingerprint density at radius 3 is 3.29 bits per heavy atom. The van der Waals surface area contributed by atoms with Gasteiger partial charge in [-0.1, -0.05) is 18.2 Å². The number of amidine groups is 1. The predicted octanol–water partition coefficient (Wildman–Crippen LogP) is 2.59. The standard InChI is InChI=1S/C12H18N4S/c1-2-16-7-10(6-13-16)14-12-15-11-5-3-4-9(11)8-17-12/h6-7,9,11H,2-5,8H2,1H3,(H,14,15). The third-order valence-electron chi connectivity index (χ3n) is 3.54. The van der Waals surface area contributed by atoms with Gasteiger partial charge in [0.2, 0.25) is 0 Å². The lowest BCUT2D eigenvalue weighted by Gasteiger charge is -2.23. The molecule has 1 aromatic rings. The largest absolute Gasteiger partial charge is 0.332 e. The van der Waals surface area contributed by atoms with Gasteiger partial charge in [-0.05, 0) is 25.7 Å². The average Bonchev–Trinajstić information content (AvgIpc) is 2.96. The molecule has 0 spiro atoms. The third kappa shape index (κ3) is 2.34. The summed E-state index contributed by atoms with van der Waals surface area (Å²) in [7, 11) is 0. The number of nitrogens with zero attached hydrogens (tertiary/aromatic N) is 3. The summed E-state index contributed by atoms with van der Waals surface area (Å²) in [5.41, 5.74) is 1.05. The summed E-state index contributed by atoms with van der Waals surface area (Å²) in [6, 6.07) is 0.569. The minimum absolute atomic E-state index is 0.569. The molecule has 2 unspecified atom stereocenters. The van der Waals surface area contributed by atoms with Crippen LogP contribution < -0.4 is 5.32 Å². The van der Waals surface area contributed by atoms with Crippen molar-refractivity contribution in [2.24, 2.45) is 10.9 Å². The lowest BCUT2D eigenvalue weighted by Crippen LogP contribution is -2.25. The van der Waals surface area contributed by atoms with Crippen molar-refractivity contribution in [3.05, 3.63) is 12.4 Å². The predicted molar refractivity (Wildman–Crippen MR) is 72.5 cm³/mol. The van der Waals surface area contributed by atoms with E-state index in [1.165, 1.54) is 25.0 Å². The molecule has 2 aliphatic rings. The van der Waals surface area contributed by atoms with Crippen LogP contribution in [0.3, 0.4) is 0 Å². The van der Waals surface area contributed by atoms with Gasteiger partial charge in [0, 0.05) is 18.5 Å². The highest BCUT2D eigenvalue weighted by Crippen LogP contribution is 2.35. The fraction of sp³-hybridized carbons (Fsp3) is 0.667. The molecule has 4 nitrogen and oxygen atoms in total. The van der Waals surface area contributed by atoms with Crippen molar-refractivity contribution in [3.63, 3.8) is 0 Å². The molecule has 2 heterocycles. The molecule has 1 aliphatic heterocycles. The molecule has 1 fully saturated rings. The van der Waals surface area contributed by atoms with Crippen molar-refractivity contribution >= 4 is 22.6 Å². The third-order valence-corrected chi connectivity index (χ3v) is 4.62. The van der Waals surface area contributed by atoms with Gasteiger partial charge in [-0.2, -0.15) is 5.10 Å². The molecule has 92 valence electrons. The molecule has 0 aromatic carbocycles. The Hall–Kier alpha value is -0.970. The van der Waals surface area contributed by atoms with E-state index >= 15 is 0 Å². The van der Waals surface area contributed by atoms with Crippen LogP contribution >= 0.6 is 11.8 Å². The summed E-state index contributed by atoms with van der Waals surface area (Å²) >= 11 is 1.85. The van der Waals surface area contributed by atoms with Crippen molar-refractivity contribution in [2.45, 2.75) is 38.8 Å². The first-order chi connectivity index (χ1) is 8.35. The zero-order valence-electron chi connectivity index (χ0n) is 10.1. The molecule has 5 heteroatoms. The van der Waals surface area contributed by atoms with Gasteiger partial charge in [0.25, 0.3) is 0 Å². The number of rotatable bonds is 2. The molecule has 0 bridgehead atoms. The monoisotopic (exact) mass is 250 g/mol. The van der Waals surface area contributed by atoms with E-state index in [4.69, 9.17) is 4.99 Å². The van der Waals surface area contributed by atoms with Crippen LogP contribution in [-0.4, -0.2) is 26.7 Å². The van der Waals surface area contributed by atoms with Crippen LogP contribution in [-0.2, 0) is 6.54 Å². The highest BCUT2D eigenvalue weighted by molar-refractivity contribution is 8.14. The van der Waals surface area contributed by atoms with E-state index in [1.807, 2.05) is 28.8 Å². The molecule has 2 atom stereocenters. The highest BCUT2D eigenvalue weighted by Gasteiger charge is 2.30. The molecular weight excluding hydrogens is 232 g/mol. The molecule has 1 aromatic heterocycles. The first-order valence-electron chi connectivity index (χ1n) is 6.35. The number of hydrogen-bond acceptors (Lipinski definition) is 4. The molecule has 0 saturated heterocycles. The Kier molecular flexibility index (Phi) is 3.09. The van der Waals surface area contributed by atoms with Crippen LogP contribution in [0.25, 0.3) is 0 Å². The highest BCUT2D eigenvalue weighted by atomic mass is 32.2. The smallest absolute Gasteiger partial charge is 0.161 e. The minimum Gasteiger partial charge on any atom is -0.332 e. The normalized spacial score (nSPS) is 27.7. The van der Waals surface area contributed by atoms with E-state index < -0.39 is 0 Å². The lowest BCUT2D eigenvalue weighted by atomic mass is 10.1. The topological polar surface area (TPSA) is 42.2 Å². The van der Waals surface area contributed by atoms with Crippen LogP contribution in [0.1, 0.15) is 26.2 Å². The van der Waals surface area contributed by atoms with E-state index in [0.29, 0.717) is 6.04 Å². The van der Waals surface area contributed by atoms with Gasteiger partial charge in [0.05, 0.1) is 17.9 Å². The molecular formula is C12H18N4S. The van der Waals surface area contributed by atoms with Gasteiger partial charge in [-0.15, -0.1) is 0 Å². The SMILES string of the molecule is CCn1cc(NC2=NC3CCCC3CS2)cn1. The summed E-state index contributed by atoms with van der Waals surface area (Å²) < 4.78 is 1.93. The van der Waals surface area contributed by atoms with E-state index in [-0.39, 0.29) is 0 Å². The van der Waals surface area contributed by atoms with Crippen molar-refractivity contribution in [1.29, 1.82) is 0 Å². The molecule has 1 saturated carbocycles. The first kappa shape index (κ1) is 11.1. The van der Waals surface area contributed by atoms with E-state index in [1.54, 1.807) is 0 Å². The molecule has 0 radical (unpaired) electrons. The fourth-order valence-electron chi connectivity index (χ4n) is 2.55. The Bertz CT molecular complexity index is 426. The fourth-order valence-corrected chi connectivity index (χ4v) is 3.71. The zero-order valence-corrected chi connectivity index (χ0v) is 10.9. The molecule has 0 amide bonds. The van der Waals surface area contributed by atoms with E-state index in [9.17, 15) is 0 Å². The second-order valence-corrected chi connectivity index (χ2v) is 5.72. The summed E-state index contributed by atoms with van der Waals surface area (Å²) in [4.78, 5) is 4.81. The molecule has 3 rings (SSSR count). The number of aromatic nitrogens is 2. The van der Waals surface area contributed by atoms with Crippen LogP contribution in [0.2, 0.25) is 0 Å². The number of aliphatic imine (C=N–C) groups is 1. The van der Waals surface area contributed by atoms with Crippen molar-refractivity contribution in [3.8, 4) is 0 Å². The number of thioether (sulfide) groups is 1. The van der Waals surface area contributed by atoms with Crippen LogP contribution in [0.4, 0.5) is 5.69 Å². The number of nitrogens with one attached hydrogen (secondary N) is 1. The number of fused-ring (bicyclic) bond motifs is 1. The second kappa shape index (κ2) is 4.72. The van der Waals surface area contributed by atoms with Crippen molar-refractivity contribution < 1.29 is 0 Å². The maximum Gasteiger partial charge on any atom is 0.161 e. The van der Waals surface area contributed by atoms with Gasteiger partial charge in [-0.3, -0.25) is 9.67 Å². The van der Waals surface area contributed by atoms with Gasteiger partial charge in [0.1, 0.15) is 0 Å². The van der Waals surface area contributed by atoms with Gasteiger partial charge in [0.15, 0.2) is 5.17 Å². The second-order valence-electron chi connectivity index (χ2n) is 4.71. The van der Waals surface area contributed by atoms with Crippen LogP contribution in [0.5, 0.6) is 0 Å². The molecule has 1 N–H and O–H groups in total. The quantitative estimate of drug-likeness (QED) is 0.877. The van der Waals surface area contributed by atoms with Gasteiger partial charge < -0.3 is 5.32 Å². The summed E-state index contributed by atoms with van der Waals surface area (Å²) in [6.45, 7) is 3.00. The van der Waals surface area contributed by atoms with Crippen molar-refractivity contribution in [2.75, 3.05) is 11.1 Å². The maximum atomic E-state index is 4.81. The average molecular weight is 250 g/mol. The number of anilines is 1. The van der Waals surface area contributed by atoms with Crippen LogP contribution in [0.15, 0.2) is 17.4 Å². The number of aryl methyl sites for hydroxylation is 1. The molecule has 17 heavy (non-hydrogen) atoms. The minimum atomic E-state index is 0.569. The van der Waals surface area contributed by atoms with E-state index in [2.05, 4.69) is 17.3 Å². The zero-order chi connectivity index (χ0) is 11.7. The maximum absolute atomic E-state index is 4.81. The first-order valence-corrected chi connectivity index (χ1v) is 7.34.